The highest BCUT2D eigenvalue weighted by molar-refractivity contribution is 7.11. The Morgan fingerprint density at radius 2 is 2.33 bits per heavy atom. The summed E-state index contributed by atoms with van der Waals surface area (Å²) in [5, 5.41) is 11.4. The number of aryl methyl sites for hydroxylation is 1. The maximum Gasteiger partial charge on any atom is 0.160 e. The van der Waals surface area contributed by atoms with Gasteiger partial charge in [0.2, 0.25) is 0 Å². The molecule has 7 heteroatoms. The van der Waals surface area contributed by atoms with E-state index in [4.69, 9.17) is 5.73 Å². The maximum absolute atomic E-state index is 6.78. The second-order valence-electron chi connectivity index (χ2n) is 7.27. The van der Waals surface area contributed by atoms with Crippen molar-refractivity contribution in [3.05, 3.63) is 69.7 Å². The minimum Gasteiger partial charge on any atom is -0.368 e. The molecule has 0 spiro atoms. The molecule has 4 rings (SSSR count). The molecule has 2 aromatic heterocycles. The van der Waals surface area contributed by atoms with Crippen LogP contribution >= 0.6 is 11.3 Å². The van der Waals surface area contributed by atoms with Gasteiger partial charge in [-0.15, -0.1) is 11.3 Å². The zero-order chi connectivity index (χ0) is 18.7. The molecule has 0 bridgehead atoms. The number of dihydropyridines is 1. The molecule has 1 saturated heterocycles. The van der Waals surface area contributed by atoms with Crippen molar-refractivity contribution < 1.29 is 0 Å². The van der Waals surface area contributed by atoms with E-state index < -0.39 is 5.66 Å². The number of thiazole rings is 1. The Balaban J connectivity index is 1.61. The van der Waals surface area contributed by atoms with Crippen LogP contribution in [0.25, 0.3) is 0 Å². The van der Waals surface area contributed by atoms with Gasteiger partial charge < -0.3 is 16.0 Å². The number of hydrogen-bond acceptors (Lipinski definition) is 7. The molecule has 2 unspecified atom stereocenters. The second kappa shape index (κ2) is 7.80. The quantitative estimate of drug-likeness (QED) is 0.632. The van der Waals surface area contributed by atoms with Crippen LogP contribution in [0.3, 0.4) is 0 Å². The Kier molecular flexibility index (Phi) is 5.24. The van der Waals surface area contributed by atoms with E-state index in [-0.39, 0.29) is 0 Å². The van der Waals surface area contributed by atoms with E-state index in [2.05, 4.69) is 51.1 Å². The average molecular weight is 383 g/mol. The topological polar surface area (TPSA) is 87.9 Å². The number of rotatable bonds is 5. The van der Waals surface area contributed by atoms with Crippen LogP contribution in [0.2, 0.25) is 0 Å². The number of piperidine rings is 1. The summed E-state index contributed by atoms with van der Waals surface area (Å²) in [4.78, 5) is 9.92. The lowest BCUT2D eigenvalue weighted by molar-refractivity contribution is 0.376. The van der Waals surface area contributed by atoms with Gasteiger partial charge in [-0.25, -0.2) is 4.98 Å². The summed E-state index contributed by atoms with van der Waals surface area (Å²) in [5.41, 5.74) is 8.29. The molecule has 0 aromatic carbocycles. The van der Waals surface area contributed by atoms with Crippen LogP contribution in [0.1, 0.15) is 28.3 Å². The molecule has 2 aromatic rings. The number of nitrogens with one attached hydrogen (secondary N) is 3. The first-order chi connectivity index (χ1) is 13.1. The van der Waals surface area contributed by atoms with E-state index in [9.17, 15) is 0 Å². The van der Waals surface area contributed by atoms with Crippen molar-refractivity contribution in [3.8, 4) is 0 Å². The van der Waals surface area contributed by atoms with Crippen LogP contribution in [-0.4, -0.2) is 29.1 Å². The Labute approximate surface area is 164 Å². The van der Waals surface area contributed by atoms with Crippen molar-refractivity contribution in [2.45, 2.75) is 37.9 Å². The van der Waals surface area contributed by atoms with E-state index in [0.717, 1.165) is 47.2 Å². The predicted molar refractivity (Wildman–Crippen MR) is 109 cm³/mol. The highest BCUT2D eigenvalue weighted by Gasteiger charge is 2.32. The average Bonchev–Trinajstić information content (AvgIpc) is 3.10. The second-order valence-corrected chi connectivity index (χ2v) is 8.51. The molecule has 2 aliphatic rings. The molecule has 4 heterocycles. The summed E-state index contributed by atoms with van der Waals surface area (Å²) < 4.78 is 0. The van der Waals surface area contributed by atoms with Gasteiger partial charge >= 0.3 is 0 Å². The lowest BCUT2D eigenvalue weighted by Gasteiger charge is -2.35. The molecule has 5 N–H and O–H groups in total. The van der Waals surface area contributed by atoms with Gasteiger partial charge in [-0.05, 0) is 62.1 Å². The van der Waals surface area contributed by atoms with Gasteiger partial charge in [0.25, 0.3) is 0 Å². The fourth-order valence-electron chi connectivity index (χ4n) is 3.59. The van der Waals surface area contributed by atoms with Gasteiger partial charge in [0.15, 0.2) is 5.66 Å². The Bertz CT molecular complexity index is 837. The standard InChI is InChI=1S/C20H26N6S/c1-14-11-24-19(27-14)20(21)10-16(8-15-4-2-6-22-12-15)9-18(26-20)25-17-5-3-7-23-13-17/h2,4,6,9-12,17,23,25-26H,3,5,7-8,13,21H2,1H3. The Morgan fingerprint density at radius 3 is 3.04 bits per heavy atom. The van der Waals surface area contributed by atoms with Crippen LogP contribution in [0.15, 0.2) is 54.3 Å². The van der Waals surface area contributed by atoms with Crippen molar-refractivity contribution >= 4 is 11.3 Å². The van der Waals surface area contributed by atoms with E-state index >= 15 is 0 Å². The highest BCUT2D eigenvalue weighted by Crippen LogP contribution is 2.29. The van der Waals surface area contributed by atoms with Crippen LogP contribution in [0, 0.1) is 6.92 Å². The first-order valence-corrected chi connectivity index (χ1v) is 10.2. The molecule has 0 aliphatic carbocycles. The largest absolute Gasteiger partial charge is 0.368 e. The number of aromatic nitrogens is 2. The molecule has 6 nitrogen and oxygen atoms in total. The molecule has 2 atom stereocenters. The van der Waals surface area contributed by atoms with Gasteiger partial charge in [-0.3, -0.25) is 10.7 Å². The molecular weight excluding hydrogens is 356 g/mol. The number of hydrogen-bond donors (Lipinski definition) is 4. The van der Waals surface area contributed by atoms with Crippen molar-refractivity contribution in [2.24, 2.45) is 5.73 Å². The molecule has 1 fully saturated rings. The summed E-state index contributed by atoms with van der Waals surface area (Å²) >= 11 is 1.63. The lowest BCUT2D eigenvalue weighted by Crippen LogP contribution is -2.55. The SMILES string of the molecule is Cc1cnc(C2(N)C=C(Cc3cccnc3)C=C(NC3CCCNC3)N2)s1. The van der Waals surface area contributed by atoms with E-state index in [0.29, 0.717) is 6.04 Å². The third-order valence-electron chi connectivity index (χ3n) is 4.85. The van der Waals surface area contributed by atoms with Gasteiger partial charge in [-0.2, -0.15) is 0 Å². The lowest BCUT2D eigenvalue weighted by atomic mass is 9.97. The minimum atomic E-state index is -0.810. The van der Waals surface area contributed by atoms with Crippen molar-refractivity contribution in [1.82, 2.24) is 25.9 Å². The van der Waals surface area contributed by atoms with Crippen LogP contribution in [-0.2, 0) is 12.1 Å². The van der Waals surface area contributed by atoms with Crippen molar-refractivity contribution in [3.63, 3.8) is 0 Å². The molecule has 142 valence electrons. The Morgan fingerprint density at radius 1 is 1.41 bits per heavy atom. The number of pyridine rings is 1. The van der Waals surface area contributed by atoms with E-state index in [1.54, 1.807) is 17.5 Å². The third kappa shape index (κ3) is 4.37. The highest BCUT2D eigenvalue weighted by atomic mass is 32.1. The summed E-state index contributed by atoms with van der Waals surface area (Å²) in [6, 6.07) is 4.46. The van der Waals surface area contributed by atoms with Gasteiger partial charge in [-0.1, -0.05) is 6.07 Å². The first kappa shape index (κ1) is 18.2. The van der Waals surface area contributed by atoms with Gasteiger partial charge in [0.05, 0.1) is 0 Å². The maximum atomic E-state index is 6.78. The molecular formula is C20H26N6S. The van der Waals surface area contributed by atoms with Crippen molar-refractivity contribution in [2.75, 3.05) is 13.1 Å². The molecule has 2 aliphatic heterocycles. The smallest absolute Gasteiger partial charge is 0.160 e. The van der Waals surface area contributed by atoms with Gasteiger partial charge in [0.1, 0.15) is 10.8 Å². The van der Waals surface area contributed by atoms with Crippen LogP contribution in [0.4, 0.5) is 0 Å². The van der Waals surface area contributed by atoms with Crippen LogP contribution < -0.4 is 21.7 Å². The number of nitrogens with two attached hydrogens (primary N) is 1. The summed E-state index contributed by atoms with van der Waals surface area (Å²) in [7, 11) is 0. The third-order valence-corrected chi connectivity index (χ3v) is 5.91. The number of nitrogens with zero attached hydrogens (tertiary/aromatic N) is 2. The fraction of sp³-hybridized carbons (Fsp3) is 0.400. The van der Waals surface area contributed by atoms with E-state index in [1.807, 2.05) is 18.5 Å². The minimum absolute atomic E-state index is 0.400. The van der Waals surface area contributed by atoms with Crippen molar-refractivity contribution in [1.29, 1.82) is 0 Å². The summed E-state index contributed by atoms with van der Waals surface area (Å²) in [6.45, 7) is 4.11. The first-order valence-electron chi connectivity index (χ1n) is 9.40. The number of allylic oxidation sites excluding steroid dienone is 2. The Hall–Kier alpha value is -2.22. The summed E-state index contributed by atoms with van der Waals surface area (Å²) in [6.07, 6.45) is 12.9. The molecule has 0 radical (unpaired) electrons. The zero-order valence-electron chi connectivity index (χ0n) is 15.5. The van der Waals surface area contributed by atoms with Gasteiger partial charge in [0, 0.05) is 36.1 Å². The van der Waals surface area contributed by atoms with E-state index in [1.165, 1.54) is 12.0 Å². The summed E-state index contributed by atoms with van der Waals surface area (Å²) in [5.74, 6) is 0.959. The normalized spacial score (nSPS) is 25.3. The van der Waals surface area contributed by atoms with Crippen LogP contribution in [0.5, 0.6) is 0 Å². The molecule has 0 saturated carbocycles. The fourth-order valence-corrected chi connectivity index (χ4v) is 4.38. The zero-order valence-corrected chi connectivity index (χ0v) is 16.4. The molecule has 27 heavy (non-hydrogen) atoms. The monoisotopic (exact) mass is 382 g/mol. The predicted octanol–water partition coefficient (Wildman–Crippen LogP) is 1.91. The molecule has 0 amide bonds.